The van der Waals surface area contributed by atoms with Gasteiger partial charge >= 0.3 is 0 Å². The van der Waals surface area contributed by atoms with Crippen LogP contribution in [0.25, 0.3) is 0 Å². The van der Waals surface area contributed by atoms with Crippen LogP contribution in [0, 0.1) is 6.92 Å². The number of rotatable bonds is 1. The minimum Gasteiger partial charge on any atom is -0.353 e. The molecule has 2 N–H and O–H groups in total. The SMILES string of the molecule is Cc1cc(N2CC(N)C2)ncn1. The first-order valence-corrected chi connectivity index (χ1v) is 4.05. The van der Waals surface area contributed by atoms with Gasteiger partial charge in [0.15, 0.2) is 0 Å². The third-order valence-corrected chi connectivity index (χ3v) is 2.02. The Kier molecular flexibility index (Phi) is 1.69. The van der Waals surface area contributed by atoms with Crippen molar-refractivity contribution >= 4 is 5.82 Å². The molecule has 1 aromatic rings. The van der Waals surface area contributed by atoms with Gasteiger partial charge in [-0.05, 0) is 6.92 Å². The summed E-state index contributed by atoms with van der Waals surface area (Å²) in [7, 11) is 0. The molecule has 2 heterocycles. The fourth-order valence-electron chi connectivity index (χ4n) is 1.31. The number of nitrogens with two attached hydrogens (primary N) is 1. The van der Waals surface area contributed by atoms with Gasteiger partial charge in [0, 0.05) is 30.9 Å². The fourth-order valence-corrected chi connectivity index (χ4v) is 1.31. The Morgan fingerprint density at radius 3 is 2.83 bits per heavy atom. The zero-order valence-electron chi connectivity index (χ0n) is 7.07. The first kappa shape index (κ1) is 7.49. The van der Waals surface area contributed by atoms with E-state index in [2.05, 4.69) is 14.9 Å². The molecule has 0 radical (unpaired) electrons. The molecule has 1 fully saturated rings. The molecule has 4 heteroatoms. The van der Waals surface area contributed by atoms with Crippen molar-refractivity contribution in [3.05, 3.63) is 18.1 Å². The molecule has 0 amide bonds. The van der Waals surface area contributed by atoms with Gasteiger partial charge in [-0.15, -0.1) is 0 Å². The third-order valence-electron chi connectivity index (χ3n) is 2.02. The summed E-state index contributed by atoms with van der Waals surface area (Å²) in [4.78, 5) is 10.3. The molecular formula is C8H12N4. The maximum atomic E-state index is 5.66. The van der Waals surface area contributed by atoms with Gasteiger partial charge in [0.1, 0.15) is 12.1 Å². The van der Waals surface area contributed by atoms with Gasteiger partial charge in [0.05, 0.1) is 0 Å². The molecule has 0 saturated carbocycles. The molecule has 4 nitrogen and oxygen atoms in total. The molecule has 12 heavy (non-hydrogen) atoms. The highest BCUT2D eigenvalue weighted by atomic mass is 15.3. The van der Waals surface area contributed by atoms with Gasteiger partial charge in [0.25, 0.3) is 0 Å². The van der Waals surface area contributed by atoms with Gasteiger partial charge in [-0.1, -0.05) is 0 Å². The van der Waals surface area contributed by atoms with Crippen molar-refractivity contribution in [2.75, 3.05) is 18.0 Å². The summed E-state index contributed by atoms with van der Waals surface area (Å²) >= 11 is 0. The van der Waals surface area contributed by atoms with E-state index in [9.17, 15) is 0 Å². The highest BCUT2D eigenvalue weighted by Gasteiger charge is 2.23. The van der Waals surface area contributed by atoms with Crippen molar-refractivity contribution in [1.29, 1.82) is 0 Å². The quantitative estimate of drug-likeness (QED) is 0.631. The Morgan fingerprint density at radius 1 is 1.50 bits per heavy atom. The topological polar surface area (TPSA) is 55.0 Å². The summed E-state index contributed by atoms with van der Waals surface area (Å²) in [6.07, 6.45) is 1.59. The maximum Gasteiger partial charge on any atom is 0.132 e. The van der Waals surface area contributed by atoms with E-state index in [1.165, 1.54) is 0 Å². The summed E-state index contributed by atoms with van der Waals surface area (Å²) in [6.45, 7) is 3.79. The first-order valence-electron chi connectivity index (χ1n) is 4.05. The second-order valence-electron chi connectivity index (χ2n) is 3.18. The van der Waals surface area contributed by atoms with Crippen LogP contribution in [0.3, 0.4) is 0 Å². The highest BCUT2D eigenvalue weighted by molar-refractivity contribution is 5.42. The van der Waals surface area contributed by atoms with Crippen LogP contribution in [0.5, 0.6) is 0 Å². The van der Waals surface area contributed by atoms with Crippen molar-refractivity contribution in [2.24, 2.45) is 5.73 Å². The first-order chi connectivity index (χ1) is 5.75. The minimum atomic E-state index is 0.320. The zero-order valence-corrected chi connectivity index (χ0v) is 7.07. The average molecular weight is 164 g/mol. The van der Waals surface area contributed by atoms with Crippen molar-refractivity contribution < 1.29 is 0 Å². The number of nitrogens with zero attached hydrogens (tertiary/aromatic N) is 3. The Balaban J connectivity index is 2.13. The molecule has 0 aromatic carbocycles. The molecule has 1 aliphatic rings. The highest BCUT2D eigenvalue weighted by Crippen LogP contribution is 2.16. The van der Waals surface area contributed by atoms with Crippen LogP contribution in [0.4, 0.5) is 5.82 Å². The molecule has 0 atom stereocenters. The van der Waals surface area contributed by atoms with E-state index in [0.717, 1.165) is 24.6 Å². The molecular weight excluding hydrogens is 152 g/mol. The van der Waals surface area contributed by atoms with Crippen molar-refractivity contribution in [2.45, 2.75) is 13.0 Å². The predicted octanol–water partition coefficient (Wildman–Crippen LogP) is -0.0677. The van der Waals surface area contributed by atoms with Crippen molar-refractivity contribution in [1.82, 2.24) is 9.97 Å². The second-order valence-corrected chi connectivity index (χ2v) is 3.18. The Hall–Kier alpha value is -1.16. The van der Waals surface area contributed by atoms with Gasteiger partial charge in [0.2, 0.25) is 0 Å². The number of anilines is 1. The lowest BCUT2D eigenvalue weighted by molar-refractivity contribution is 0.514. The molecule has 1 aliphatic heterocycles. The summed E-state index contributed by atoms with van der Waals surface area (Å²) < 4.78 is 0. The van der Waals surface area contributed by atoms with Gasteiger partial charge < -0.3 is 10.6 Å². The zero-order chi connectivity index (χ0) is 8.55. The molecule has 0 spiro atoms. The largest absolute Gasteiger partial charge is 0.353 e. The smallest absolute Gasteiger partial charge is 0.132 e. The van der Waals surface area contributed by atoms with Crippen LogP contribution < -0.4 is 10.6 Å². The molecule has 0 bridgehead atoms. The van der Waals surface area contributed by atoms with Crippen LogP contribution in [0.1, 0.15) is 5.69 Å². The van der Waals surface area contributed by atoms with E-state index >= 15 is 0 Å². The van der Waals surface area contributed by atoms with E-state index in [1.54, 1.807) is 6.33 Å². The molecule has 0 aliphatic carbocycles. The molecule has 64 valence electrons. The van der Waals surface area contributed by atoms with Crippen LogP contribution >= 0.6 is 0 Å². The van der Waals surface area contributed by atoms with E-state index in [0.29, 0.717) is 6.04 Å². The van der Waals surface area contributed by atoms with E-state index in [-0.39, 0.29) is 0 Å². The summed E-state index contributed by atoms with van der Waals surface area (Å²) in [5, 5.41) is 0. The van der Waals surface area contributed by atoms with Crippen LogP contribution in [0.2, 0.25) is 0 Å². The van der Waals surface area contributed by atoms with Crippen LogP contribution in [0.15, 0.2) is 12.4 Å². The van der Waals surface area contributed by atoms with Crippen LogP contribution in [-0.2, 0) is 0 Å². The fraction of sp³-hybridized carbons (Fsp3) is 0.500. The number of aryl methyl sites for hydroxylation is 1. The summed E-state index contributed by atoms with van der Waals surface area (Å²) in [6, 6.07) is 2.30. The van der Waals surface area contributed by atoms with Gasteiger partial charge in [-0.3, -0.25) is 0 Å². The Morgan fingerprint density at radius 2 is 2.25 bits per heavy atom. The molecule has 2 rings (SSSR count). The Labute approximate surface area is 71.4 Å². The van der Waals surface area contributed by atoms with Crippen molar-refractivity contribution in [3.63, 3.8) is 0 Å². The van der Waals surface area contributed by atoms with E-state index in [4.69, 9.17) is 5.73 Å². The lowest BCUT2D eigenvalue weighted by atomic mass is 10.1. The van der Waals surface area contributed by atoms with Crippen LogP contribution in [-0.4, -0.2) is 29.1 Å². The standard InChI is InChI=1S/C8H12N4/c1-6-2-8(11-5-10-6)12-3-7(9)4-12/h2,5,7H,3-4,9H2,1H3. The second kappa shape index (κ2) is 2.71. The normalized spacial score (nSPS) is 17.7. The predicted molar refractivity (Wildman–Crippen MR) is 47.0 cm³/mol. The lowest BCUT2D eigenvalue weighted by Crippen LogP contribution is -2.56. The summed E-state index contributed by atoms with van der Waals surface area (Å²) in [5.74, 6) is 0.990. The number of aromatic nitrogens is 2. The summed E-state index contributed by atoms with van der Waals surface area (Å²) in [5.41, 5.74) is 6.66. The minimum absolute atomic E-state index is 0.320. The average Bonchev–Trinajstić information content (AvgIpc) is 1.99. The van der Waals surface area contributed by atoms with Crippen molar-refractivity contribution in [3.8, 4) is 0 Å². The molecule has 1 saturated heterocycles. The lowest BCUT2D eigenvalue weighted by Gasteiger charge is -2.37. The third kappa shape index (κ3) is 1.25. The van der Waals surface area contributed by atoms with E-state index in [1.807, 2.05) is 13.0 Å². The maximum absolute atomic E-state index is 5.66. The number of hydrogen-bond acceptors (Lipinski definition) is 4. The molecule has 0 unspecified atom stereocenters. The van der Waals surface area contributed by atoms with E-state index < -0.39 is 0 Å². The van der Waals surface area contributed by atoms with Gasteiger partial charge in [-0.25, -0.2) is 9.97 Å². The van der Waals surface area contributed by atoms with Gasteiger partial charge in [-0.2, -0.15) is 0 Å². The number of hydrogen-bond donors (Lipinski definition) is 1. The monoisotopic (exact) mass is 164 g/mol. The molecule has 1 aromatic heterocycles. The Bertz CT molecular complexity index is 280.